The van der Waals surface area contributed by atoms with Gasteiger partial charge < -0.3 is 24.4 Å². The number of rotatable bonds is 10. The van der Waals surface area contributed by atoms with Crippen molar-refractivity contribution in [1.82, 2.24) is 5.32 Å². The summed E-state index contributed by atoms with van der Waals surface area (Å²) in [7, 11) is 3.15. The Balaban J connectivity index is 1.87. The summed E-state index contributed by atoms with van der Waals surface area (Å²) >= 11 is 0. The summed E-state index contributed by atoms with van der Waals surface area (Å²) in [6.45, 7) is 3.61. The minimum absolute atomic E-state index is 0.0103. The van der Waals surface area contributed by atoms with E-state index in [1.807, 2.05) is 26.0 Å². The van der Waals surface area contributed by atoms with Gasteiger partial charge in [0.15, 0.2) is 6.61 Å². The summed E-state index contributed by atoms with van der Waals surface area (Å²) in [5.74, 6) is -0.230. The highest BCUT2D eigenvalue weighted by Gasteiger charge is 2.42. The highest BCUT2D eigenvalue weighted by atomic mass is 16.5. The van der Waals surface area contributed by atoms with Gasteiger partial charge in [-0.25, -0.2) is 0 Å². The van der Waals surface area contributed by atoms with Gasteiger partial charge in [-0.1, -0.05) is 25.5 Å². The number of hydrogen-bond donors (Lipinski definition) is 1. The molecule has 35 heavy (non-hydrogen) atoms. The van der Waals surface area contributed by atoms with Crippen molar-refractivity contribution in [3.05, 3.63) is 54.1 Å². The third kappa shape index (κ3) is 6.53. The maximum Gasteiger partial charge on any atom is 0.311 e. The summed E-state index contributed by atoms with van der Waals surface area (Å²) < 4.78 is 16.0. The summed E-state index contributed by atoms with van der Waals surface area (Å²) in [6.07, 6.45) is 2.32. The average Bonchev–Trinajstić information content (AvgIpc) is 2.87. The van der Waals surface area contributed by atoms with Crippen LogP contribution in [-0.4, -0.2) is 44.7 Å². The van der Waals surface area contributed by atoms with E-state index in [1.165, 1.54) is 0 Å². The zero-order valence-corrected chi connectivity index (χ0v) is 20.8. The van der Waals surface area contributed by atoms with Gasteiger partial charge in [-0.05, 0) is 61.7 Å². The number of piperidine rings is 1. The molecular formula is C27H34N2O6. The van der Waals surface area contributed by atoms with Gasteiger partial charge in [0.25, 0.3) is 5.91 Å². The highest BCUT2D eigenvalue weighted by molar-refractivity contribution is 5.97. The van der Waals surface area contributed by atoms with Crippen molar-refractivity contribution < 1.29 is 28.6 Å². The standard InChI is InChI=1S/C27H34N2O6/c1-5-6-18(2)28-24(30)17-35-27(32)23-15-16-25(31)29(20-9-13-22(34-4)14-10-20)26(23)19-7-11-21(33-3)12-8-19/h7-14,18,23,26H,5-6,15-17H2,1-4H3,(H,28,30)/t18-,23+,26+/m0/s1. The van der Waals surface area contributed by atoms with Crippen LogP contribution in [0.25, 0.3) is 0 Å². The van der Waals surface area contributed by atoms with Crippen LogP contribution >= 0.6 is 0 Å². The molecule has 1 saturated heterocycles. The SMILES string of the molecule is CCC[C@H](C)NC(=O)COC(=O)[C@@H]1CCC(=O)N(c2ccc(OC)cc2)[C@@H]1c1ccc(OC)cc1. The predicted molar refractivity (Wildman–Crippen MR) is 132 cm³/mol. The molecule has 8 nitrogen and oxygen atoms in total. The van der Waals surface area contributed by atoms with Gasteiger partial charge in [0.05, 0.1) is 26.2 Å². The molecule has 0 aromatic heterocycles. The van der Waals surface area contributed by atoms with E-state index >= 15 is 0 Å². The third-order valence-corrected chi connectivity index (χ3v) is 6.18. The molecule has 2 aromatic carbocycles. The number of carbonyl (C=O) groups excluding carboxylic acids is 3. The normalized spacial score (nSPS) is 18.5. The topological polar surface area (TPSA) is 94.2 Å². The van der Waals surface area contributed by atoms with Gasteiger partial charge in [0.2, 0.25) is 5.91 Å². The number of nitrogens with zero attached hydrogens (tertiary/aromatic N) is 1. The van der Waals surface area contributed by atoms with Crippen molar-refractivity contribution >= 4 is 23.5 Å². The quantitative estimate of drug-likeness (QED) is 0.514. The lowest BCUT2D eigenvalue weighted by Crippen LogP contribution is -2.46. The molecule has 2 amide bonds. The minimum atomic E-state index is -0.635. The molecule has 3 atom stereocenters. The van der Waals surface area contributed by atoms with Crippen LogP contribution < -0.4 is 19.7 Å². The van der Waals surface area contributed by atoms with Crippen LogP contribution in [0.15, 0.2) is 48.5 Å². The minimum Gasteiger partial charge on any atom is -0.497 e. The molecule has 1 fully saturated rings. The fraction of sp³-hybridized carbons (Fsp3) is 0.444. The molecule has 0 radical (unpaired) electrons. The van der Waals surface area contributed by atoms with Crippen molar-refractivity contribution in [3.63, 3.8) is 0 Å². The number of nitrogens with one attached hydrogen (secondary N) is 1. The fourth-order valence-electron chi connectivity index (χ4n) is 4.43. The molecule has 0 bridgehead atoms. The Morgan fingerprint density at radius 3 is 2.20 bits per heavy atom. The lowest BCUT2D eigenvalue weighted by atomic mass is 9.83. The molecule has 188 valence electrons. The Morgan fingerprint density at radius 2 is 1.63 bits per heavy atom. The first-order chi connectivity index (χ1) is 16.9. The van der Waals surface area contributed by atoms with Crippen LogP contribution in [0.3, 0.4) is 0 Å². The number of anilines is 1. The summed E-state index contributed by atoms with van der Waals surface area (Å²) in [5, 5.41) is 2.84. The van der Waals surface area contributed by atoms with Crippen LogP contribution in [0.5, 0.6) is 11.5 Å². The lowest BCUT2D eigenvalue weighted by Gasteiger charge is -2.40. The zero-order chi connectivity index (χ0) is 25.4. The second-order valence-electron chi connectivity index (χ2n) is 8.69. The molecular weight excluding hydrogens is 448 g/mol. The van der Waals surface area contributed by atoms with E-state index in [-0.39, 0.29) is 30.9 Å². The second kappa shape index (κ2) is 12.2. The number of hydrogen-bond acceptors (Lipinski definition) is 6. The predicted octanol–water partition coefficient (Wildman–Crippen LogP) is 4.04. The molecule has 0 spiro atoms. The van der Waals surface area contributed by atoms with Crippen molar-refractivity contribution in [2.24, 2.45) is 5.92 Å². The number of carbonyl (C=O) groups is 3. The van der Waals surface area contributed by atoms with E-state index in [0.29, 0.717) is 23.6 Å². The average molecular weight is 483 g/mol. The number of amides is 2. The molecule has 0 unspecified atom stereocenters. The van der Waals surface area contributed by atoms with Crippen LogP contribution in [0.2, 0.25) is 0 Å². The molecule has 1 aliphatic heterocycles. The fourth-order valence-corrected chi connectivity index (χ4v) is 4.43. The molecule has 1 heterocycles. The van der Waals surface area contributed by atoms with E-state index in [2.05, 4.69) is 5.32 Å². The van der Waals surface area contributed by atoms with Gasteiger partial charge in [-0.3, -0.25) is 14.4 Å². The van der Waals surface area contributed by atoms with Crippen molar-refractivity contribution in [1.29, 1.82) is 0 Å². The lowest BCUT2D eigenvalue weighted by molar-refractivity contribution is -0.154. The molecule has 0 saturated carbocycles. The Hall–Kier alpha value is -3.55. The number of esters is 1. The smallest absolute Gasteiger partial charge is 0.311 e. The van der Waals surface area contributed by atoms with Gasteiger partial charge in [0, 0.05) is 18.2 Å². The molecule has 3 rings (SSSR count). The van der Waals surface area contributed by atoms with Crippen LogP contribution in [0.4, 0.5) is 5.69 Å². The summed E-state index contributed by atoms with van der Waals surface area (Å²) in [5.41, 5.74) is 1.43. The van der Waals surface area contributed by atoms with Crippen molar-refractivity contribution in [3.8, 4) is 11.5 Å². The second-order valence-corrected chi connectivity index (χ2v) is 8.69. The monoisotopic (exact) mass is 482 g/mol. The van der Waals surface area contributed by atoms with E-state index < -0.39 is 17.9 Å². The number of methoxy groups -OCH3 is 2. The first-order valence-corrected chi connectivity index (χ1v) is 11.9. The van der Waals surface area contributed by atoms with Gasteiger partial charge in [-0.2, -0.15) is 0 Å². The molecule has 0 aliphatic carbocycles. The van der Waals surface area contributed by atoms with Crippen LogP contribution in [0.1, 0.15) is 51.1 Å². The van der Waals surface area contributed by atoms with Crippen LogP contribution in [-0.2, 0) is 19.1 Å². The Morgan fingerprint density at radius 1 is 1.03 bits per heavy atom. The zero-order valence-electron chi connectivity index (χ0n) is 20.8. The Bertz CT molecular complexity index is 1010. The third-order valence-electron chi connectivity index (χ3n) is 6.18. The van der Waals surface area contributed by atoms with E-state index in [9.17, 15) is 14.4 Å². The number of ether oxygens (including phenoxy) is 3. The van der Waals surface area contributed by atoms with E-state index in [0.717, 1.165) is 18.4 Å². The van der Waals surface area contributed by atoms with E-state index in [4.69, 9.17) is 14.2 Å². The van der Waals surface area contributed by atoms with Crippen LogP contribution in [0, 0.1) is 5.92 Å². The van der Waals surface area contributed by atoms with Gasteiger partial charge in [-0.15, -0.1) is 0 Å². The summed E-state index contributed by atoms with van der Waals surface area (Å²) in [4.78, 5) is 40.2. The van der Waals surface area contributed by atoms with Gasteiger partial charge >= 0.3 is 5.97 Å². The molecule has 1 aliphatic rings. The molecule has 8 heteroatoms. The maximum absolute atomic E-state index is 13.2. The summed E-state index contributed by atoms with van der Waals surface area (Å²) in [6, 6.07) is 13.8. The van der Waals surface area contributed by atoms with Crippen molar-refractivity contribution in [2.45, 2.75) is 51.6 Å². The first-order valence-electron chi connectivity index (χ1n) is 11.9. The maximum atomic E-state index is 13.2. The highest BCUT2D eigenvalue weighted by Crippen LogP contribution is 2.41. The van der Waals surface area contributed by atoms with Crippen molar-refractivity contribution in [2.75, 3.05) is 25.7 Å². The molecule has 2 aromatic rings. The van der Waals surface area contributed by atoms with Gasteiger partial charge in [0.1, 0.15) is 11.5 Å². The Labute approximate surface area is 206 Å². The largest absolute Gasteiger partial charge is 0.497 e. The first kappa shape index (κ1) is 26.1. The number of benzene rings is 2. The molecule has 1 N–H and O–H groups in total. The van der Waals surface area contributed by atoms with E-state index in [1.54, 1.807) is 55.5 Å². The Kier molecular flexibility index (Phi) is 9.11.